The van der Waals surface area contributed by atoms with Crippen LogP contribution in [0.2, 0.25) is 0 Å². The van der Waals surface area contributed by atoms with Crippen LogP contribution in [0.25, 0.3) is 0 Å². The van der Waals surface area contributed by atoms with Crippen LogP contribution in [-0.4, -0.2) is 38.5 Å². The third-order valence-corrected chi connectivity index (χ3v) is 3.50. The highest BCUT2D eigenvalue weighted by atomic mass is 32.2. The lowest BCUT2D eigenvalue weighted by atomic mass is 10.1. The maximum atomic E-state index is 11.2. The van der Waals surface area contributed by atoms with E-state index in [2.05, 4.69) is 0 Å². The molecule has 0 aromatic heterocycles. The fraction of sp³-hybridized carbons (Fsp3) is 0.500. The first-order valence-electron chi connectivity index (χ1n) is 5.52. The van der Waals surface area contributed by atoms with Crippen LogP contribution >= 0.6 is 0 Å². The second-order valence-corrected chi connectivity index (χ2v) is 5.88. The van der Waals surface area contributed by atoms with Gasteiger partial charge in [-0.25, -0.2) is 0 Å². The zero-order chi connectivity index (χ0) is 13.1. The molecular formula is C12H19NO3S. The number of hydrogen-bond donors (Lipinski definition) is 1. The van der Waals surface area contributed by atoms with Crippen molar-refractivity contribution in [2.75, 3.05) is 20.6 Å². The summed E-state index contributed by atoms with van der Waals surface area (Å²) in [5.74, 6) is 0. The molecule has 0 bridgehead atoms. The van der Waals surface area contributed by atoms with Crippen LogP contribution in [0.5, 0.6) is 0 Å². The van der Waals surface area contributed by atoms with Gasteiger partial charge < -0.3 is 4.90 Å². The topological polar surface area (TPSA) is 57.6 Å². The molecule has 17 heavy (non-hydrogen) atoms. The molecule has 1 N–H and O–H groups in total. The highest BCUT2D eigenvalue weighted by molar-refractivity contribution is 7.85. The van der Waals surface area contributed by atoms with Crippen molar-refractivity contribution in [3.63, 3.8) is 0 Å². The summed E-state index contributed by atoms with van der Waals surface area (Å²) in [6.07, 6.45) is 1.51. The molecule has 0 amide bonds. The molecule has 0 aliphatic carbocycles. The zero-order valence-corrected chi connectivity index (χ0v) is 11.3. The van der Waals surface area contributed by atoms with Crippen LogP contribution in [0.1, 0.15) is 17.5 Å². The van der Waals surface area contributed by atoms with Crippen molar-refractivity contribution < 1.29 is 13.0 Å². The Labute approximate surface area is 103 Å². The van der Waals surface area contributed by atoms with Crippen molar-refractivity contribution in [3.05, 3.63) is 29.3 Å². The summed E-state index contributed by atoms with van der Waals surface area (Å²) < 4.78 is 31.5. The minimum atomic E-state index is -4.11. The summed E-state index contributed by atoms with van der Waals surface area (Å²) in [4.78, 5) is 2.07. The lowest BCUT2D eigenvalue weighted by molar-refractivity contribution is 0.399. The molecule has 0 radical (unpaired) electrons. The largest absolute Gasteiger partial charge is 0.309 e. The fourth-order valence-electron chi connectivity index (χ4n) is 1.74. The van der Waals surface area contributed by atoms with E-state index in [0.717, 1.165) is 18.5 Å². The van der Waals surface area contributed by atoms with E-state index in [0.29, 0.717) is 12.0 Å². The third kappa shape index (κ3) is 4.46. The van der Waals surface area contributed by atoms with Crippen LogP contribution in [0.4, 0.5) is 0 Å². The van der Waals surface area contributed by atoms with E-state index in [4.69, 9.17) is 4.55 Å². The normalized spacial score (nSPS) is 12.1. The first-order chi connectivity index (χ1) is 7.80. The van der Waals surface area contributed by atoms with Gasteiger partial charge in [0.05, 0.1) is 4.90 Å². The van der Waals surface area contributed by atoms with Crippen LogP contribution in [0, 0.1) is 6.92 Å². The molecule has 0 saturated carbocycles. The summed E-state index contributed by atoms with van der Waals surface area (Å²) in [5.41, 5.74) is 1.69. The van der Waals surface area contributed by atoms with E-state index >= 15 is 0 Å². The minimum absolute atomic E-state index is 0.0295. The van der Waals surface area contributed by atoms with Gasteiger partial charge in [0, 0.05) is 0 Å². The first kappa shape index (κ1) is 14.2. The molecule has 0 atom stereocenters. The number of hydrogen-bond acceptors (Lipinski definition) is 3. The Morgan fingerprint density at radius 1 is 1.29 bits per heavy atom. The first-order valence-corrected chi connectivity index (χ1v) is 6.96. The van der Waals surface area contributed by atoms with Crippen LogP contribution in [0.15, 0.2) is 23.1 Å². The molecule has 1 aromatic rings. The van der Waals surface area contributed by atoms with Gasteiger partial charge in [0.25, 0.3) is 10.1 Å². The SMILES string of the molecule is Cc1ccc(S(=O)(=O)O)c(CCCN(C)C)c1. The Morgan fingerprint density at radius 2 is 1.94 bits per heavy atom. The molecule has 0 aliphatic rings. The van der Waals surface area contributed by atoms with E-state index in [9.17, 15) is 8.42 Å². The van der Waals surface area contributed by atoms with Crippen molar-refractivity contribution in [2.45, 2.75) is 24.7 Å². The van der Waals surface area contributed by atoms with E-state index in [-0.39, 0.29) is 4.90 Å². The van der Waals surface area contributed by atoms with Crippen molar-refractivity contribution in [1.29, 1.82) is 0 Å². The Balaban J connectivity index is 2.92. The van der Waals surface area contributed by atoms with Crippen molar-refractivity contribution in [1.82, 2.24) is 4.90 Å². The molecular weight excluding hydrogens is 238 g/mol. The van der Waals surface area contributed by atoms with Crippen LogP contribution in [-0.2, 0) is 16.5 Å². The molecule has 1 rings (SSSR count). The van der Waals surface area contributed by atoms with E-state index in [1.165, 1.54) is 6.07 Å². The Hall–Kier alpha value is -0.910. The molecule has 5 heteroatoms. The van der Waals surface area contributed by atoms with Crippen LogP contribution < -0.4 is 0 Å². The van der Waals surface area contributed by atoms with Crippen LogP contribution in [0.3, 0.4) is 0 Å². The minimum Gasteiger partial charge on any atom is -0.309 e. The van der Waals surface area contributed by atoms with Gasteiger partial charge in [0.2, 0.25) is 0 Å². The summed E-state index contributed by atoms with van der Waals surface area (Å²) in [7, 11) is -0.170. The maximum absolute atomic E-state index is 11.2. The molecule has 0 saturated heterocycles. The lowest BCUT2D eigenvalue weighted by Gasteiger charge is -2.11. The number of benzene rings is 1. The van der Waals surface area contributed by atoms with Gasteiger partial charge in [-0.15, -0.1) is 0 Å². The average Bonchev–Trinajstić information content (AvgIpc) is 2.15. The summed E-state index contributed by atoms with van der Waals surface area (Å²) in [5, 5.41) is 0. The van der Waals surface area contributed by atoms with Gasteiger partial charge in [0.1, 0.15) is 0 Å². The Bertz CT molecular complexity index is 481. The predicted octanol–water partition coefficient (Wildman–Crippen LogP) is 1.74. The molecule has 0 aliphatic heterocycles. The highest BCUT2D eigenvalue weighted by Crippen LogP contribution is 2.18. The van der Waals surface area contributed by atoms with Gasteiger partial charge in [0.15, 0.2) is 0 Å². The van der Waals surface area contributed by atoms with Gasteiger partial charge in [-0.1, -0.05) is 17.7 Å². The number of aryl methyl sites for hydroxylation is 2. The van der Waals surface area contributed by atoms with E-state index in [1.54, 1.807) is 6.07 Å². The predicted molar refractivity (Wildman–Crippen MR) is 67.9 cm³/mol. The quantitative estimate of drug-likeness (QED) is 0.816. The maximum Gasteiger partial charge on any atom is 0.294 e. The van der Waals surface area contributed by atoms with Gasteiger partial charge >= 0.3 is 0 Å². The molecule has 0 spiro atoms. The average molecular weight is 257 g/mol. The van der Waals surface area contributed by atoms with Crippen molar-refractivity contribution in [2.24, 2.45) is 0 Å². The fourth-order valence-corrected chi connectivity index (χ4v) is 2.47. The molecule has 0 unspecified atom stereocenters. The molecule has 0 fully saturated rings. The number of rotatable bonds is 5. The lowest BCUT2D eigenvalue weighted by Crippen LogP contribution is -2.14. The highest BCUT2D eigenvalue weighted by Gasteiger charge is 2.14. The second kappa shape index (κ2) is 5.62. The van der Waals surface area contributed by atoms with E-state index < -0.39 is 10.1 Å². The van der Waals surface area contributed by atoms with Gasteiger partial charge in [-0.3, -0.25) is 4.55 Å². The van der Waals surface area contributed by atoms with Gasteiger partial charge in [-0.2, -0.15) is 8.42 Å². The molecule has 96 valence electrons. The number of nitrogens with zero attached hydrogens (tertiary/aromatic N) is 1. The van der Waals surface area contributed by atoms with Crippen molar-refractivity contribution in [3.8, 4) is 0 Å². The van der Waals surface area contributed by atoms with Gasteiger partial charge in [-0.05, 0) is 52.0 Å². The van der Waals surface area contributed by atoms with E-state index in [1.807, 2.05) is 32.0 Å². The summed E-state index contributed by atoms with van der Waals surface area (Å²) in [6.45, 7) is 2.79. The summed E-state index contributed by atoms with van der Waals surface area (Å²) in [6, 6.07) is 4.98. The third-order valence-electron chi connectivity index (χ3n) is 2.55. The van der Waals surface area contributed by atoms with Crippen molar-refractivity contribution >= 4 is 10.1 Å². The second-order valence-electron chi connectivity index (χ2n) is 4.49. The molecule has 0 heterocycles. The Kier molecular flexibility index (Phi) is 4.68. The Morgan fingerprint density at radius 3 is 2.47 bits per heavy atom. The zero-order valence-electron chi connectivity index (χ0n) is 10.5. The smallest absolute Gasteiger partial charge is 0.294 e. The summed E-state index contributed by atoms with van der Waals surface area (Å²) >= 11 is 0. The molecule has 4 nitrogen and oxygen atoms in total. The molecule has 1 aromatic carbocycles. The standard InChI is InChI=1S/C12H19NO3S/c1-10-6-7-12(17(14,15)16)11(9-10)5-4-8-13(2)3/h6-7,9H,4-5,8H2,1-3H3,(H,14,15,16). The monoisotopic (exact) mass is 257 g/mol.